The van der Waals surface area contributed by atoms with Gasteiger partial charge in [0.25, 0.3) is 5.91 Å². The average molecular weight is 223 g/mol. The normalized spacial score (nSPS) is 19.3. The number of hydrogen-bond acceptors (Lipinski definition) is 3. The minimum atomic E-state index is -0.562. The van der Waals surface area contributed by atoms with Crippen LogP contribution in [-0.4, -0.2) is 29.4 Å². The number of carbonyl (C=O) groups is 2. The summed E-state index contributed by atoms with van der Waals surface area (Å²) in [6.07, 6.45) is 2.56. The quantitative estimate of drug-likeness (QED) is 0.731. The van der Waals surface area contributed by atoms with E-state index in [1.54, 1.807) is 0 Å². The largest absolute Gasteiger partial charge is 0.354 e. The minimum absolute atomic E-state index is 0.0948. The van der Waals surface area contributed by atoms with Crippen LogP contribution in [0.25, 0.3) is 0 Å². The van der Waals surface area contributed by atoms with Crippen LogP contribution in [0.1, 0.15) is 16.8 Å². The molecule has 2 rings (SSSR count). The zero-order valence-corrected chi connectivity index (χ0v) is 8.37. The predicted molar refractivity (Wildman–Crippen MR) is 53.1 cm³/mol. The molecule has 5 nitrogen and oxygen atoms in total. The highest BCUT2D eigenvalue weighted by molar-refractivity contribution is 5.94. The lowest BCUT2D eigenvalue weighted by Gasteiger charge is -2.09. The van der Waals surface area contributed by atoms with Gasteiger partial charge in [-0.2, -0.15) is 0 Å². The standard InChI is InChI=1S/C10H10FN3O2/c11-7-1-6(3-12-4-7)10(16)14-8-2-9(15)13-5-8/h1,3-4,8H,2,5H2,(H,13,15)(H,14,16). The lowest BCUT2D eigenvalue weighted by Crippen LogP contribution is -2.36. The summed E-state index contributed by atoms with van der Waals surface area (Å²) in [5.74, 6) is -1.08. The maximum atomic E-state index is 12.8. The van der Waals surface area contributed by atoms with Gasteiger partial charge in [0.2, 0.25) is 5.91 Å². The van der Waals surface area contributed by atoms with Crippen LogP contribution in [0.5, 0.6) is 0 Å². The number of carbonyl (C=O) groups excluding carboxylic acids is 2. The molecule has 0 aliphatic carbocycles. The number of aromatic nitrogens is 1. The molecule has 1 aromatic rings. The summed E-state index contributed by atoms with van der Waals surface area (Å²) < 4.78 is 12.8. The Morgan fingerprint density at radius 1 is 1.56 bits per heavy atom. The summed E-state index contributed by atoms with van der Waals surface area (Å²) in [5.41, 5.74) is 0.152. The highest BCUT2D eigenvalue weighted by Crippen LogP contribution is 2.04. The number of halogens is 1. The van der Waals surface area contributed by atoms with Gasteiger partial charge in [-0.05, 0) is 6.07 Å². The second kappa shape index (κ2) is 4.26. The third kappa shape index (κ3) is 2.33. The number of hydrogen-bond donors (Lipinski definition) is 2. The number of pyridine rings is 1. The van der Waals surface area contributed by atoms with Gasteiger partial charge in [-0.15, -0.1) is 0 Å². The molecule has 1 aromatic heterocycles. The van der Waals surface area contributed by atoms with Crippen molar-refractivity contribution in [2.75, 3.05) is 6.54 Å². The minimum Gasteiger partial charge on any atom is -0.354 e. The number of nitrogens with zero attached hydrogens (tertiary/aromatic N) is 1. The van der Waals surface area contributed by atoms with Crippen LogP contribution < -0.4 is 10.6 Å². The van der Waals surface area contributed by atoms with Crippen LogP contribution in [0.2, 0.25) is 0 Å². The van der Waals surface area contributed by atoms with Gasteiger partial charge in [-0.3, -0.25) is 14.6 Å². The first-order valence-corrected chi connectivity index (χ1v) is 4.83. The molecule has 2 amide bonds. The Kier molecular flexibility index (Phi) is 2.80. The Morgan fingerprint density at radius 3 is 3.00 bits per heavy atom. The molecule has 16 heavy (non-hydrogen) atoms. The van der Waals surface area contributed by atoms with E-state index in [1.165, 1.54) is 6.20 Å². The fraction of sp³-hybridized carbons (Fsp3) is 0.300. The van der Waals surface area contributed by atoms with E-state index in [0.717, 1.165) is 12.3 Å². The van der Waals surface area contributed by atoms with Crippen LogP contribution in [0.3, 0.4) is 0 Å². The molecule has 1 unspecified atom stereocenters. The molecular formula is C10H10FN3O2. The van der Waals surface area contributed by atoms with E-state index >= 15 is 0 Å². The van der Waals surface area contributed by atoms with Gasteiger partial charge in [-0.25, -0.2) is 4.39 Å². The maximum absolute atomic E-state index is 12.8. The highest BCUT2D eigenvalue weighted by atomic mass is 19.1. The average Bonchev–Trinajstić information content (AvgIpc) is 2.64. The monoisotopic (exact) mass is 223 g/mol. The summed E-state index contributed by atoms with van der Waals surface area (Å²) in [4.78, 5) is 26.1. The SMILES string of the molecule is O=C1CC(NC(=O)c2cncc(F)c2)CN1. The number of nitrogens with one attached hydrogen (secondary N) is 2. The van der Waals surface area contributed by atoms with Crippen molar-refractivity contribution in [1.29, 1.82) is 0 Å². The molecular weight excluding hydrogens is 213 g/mol. The van der Waals surface area contributed by atoms with Gasteiger partial charge in [0.15, 0.2) is 0 Å². The highest BCUT2D eigenvalue weighted by Gasteiger charge is 2.23. The van der Waals surface area contributed by atoms with E-state index in [2.05, 4.69) is 15.6 Å². The van der Waals surface area contributed by atoms with Gasteiger partial charge in [-0.1, -0.05) is 0 Å². The molecule has 2 N–H and O–H groups in total. The Hall–Kier alpha value is -1.98. The molecule has 0 spiro atoms. The summed E-state index contributed by atoms with van der Waals surface area (Å²) in [6.45, 7) is 0.410. The van der Waals surface area contributed by atoms with Gasteiger partial charge in [0.05, 0.1) is 17.8 Å². The Balaban J connectivity index is 2.00. The van der Waals surface area contributed by atoms with Crippen molar-refractivity contribution in [3.8, 4) is 0 Å². The molecule has 0 radical (unpaired) electrons. The molecule has 6 heteroatoms. The second-order valence-electron chi connectivity index (χ2n) is 3.57. The first-order valence-electron chi connectivity index (χ1n) is 4.83. The van der Waals surface area contributed by atoms with Crippen LogP contribution in [0, 0.1) is 5.82 Å². The third-order valence-corrected chi connectivity index (χ3v) is 2.28. The Bertz CT molecular complexity index is 436. The van der Waals surface area contributed by atoms with Crippen molar-refractivity contribution in [2.45, 2.75) is 12.5 Å². The van der Waals surface area contributed by atoms with Crippen molar-refractivity contribution >= 4 is 11.8 Å². The molecule has 1 aliphatic rings. The van der Waals surface area contributed by atoms with Gasteiger partial charge >= 0.3 is 0 Å². The molecule has 84 valence electrons. The van der Waals surface area contributed by atoms with Crippen molar-refractivity contribution in [2.24, 2.45) is 0 Å². The number of rotatable bonds is 2. The van der Waals surface area contributed by atoms with E-state index in [-0.39, 0.29) is 23.9 Å². The van der Waals surface area contributed by atoms with Crippen molar-refractivity contribution in [3.05, 3.63) is 29.8 Å². The van der Waals surface area contributed by atoms with Crippen molar-refractivity contribution < 1.29 is 14.0 Å². The summed E-state index contributed by atoms with van der Waals surface area (Å²) in [6, 6.07) is 0.871. The third-order valence-electron chi connectivity index (χ3n) is 2.28. The number of amides is 2. The van der Waals surface area contributed by atoms with Gasteiger partial charge < -0.3 is 10.6 Å². The van der Waals surface area contributed by atoms with E-state index < -0.39 is 11.7 Å². The van der Waals surface area contributed by atoms with Crippen LogP contribution >= 0.6 is 0 Å². The predicted octanol–water partition coefficient (Wildman–Crippen LogP) is -0.161. The molecule has 0 saturated carbocycles. The van der Waals surface area contributed by atoms with E-state index in [0.29, 0.717) is 6.54 Å². The van der Waals surface area contributed by atoms with Crippen LogP contribution in [-0.2, 0) is 4.79 Å². The fourth-order valence-corrected chi connectivity index (χ4v) is 1.51. The molecule has 1 fully saturated rings. The second-order valence-corrected chi connectivity index (χ2v) is 3.57. The van der Waals surface area contributed by atoms with E-state index in [9.17, 15) is 14.0 Å². The lowest BCUT2D eigenvalue weighted by molar-refractivity contribution is -0.119. The Morgan fingerprint density at radius 2 is 2.38 bits per heavy atom. The first kappa shape index (κ1) is 10.5. The summed E-state index contributed by atoms with van der Waals surface area (Å²) >= 11 is 0. The lowest BCUT2D eigenvalue weighted by atomic mass is 10.2. The smallest absolute Gasteiger partial charge is 0.253 e. The zero-order chi connectivity index (χ0) is 11.5. The molecule has 1 saturated heterocycles. The van der Waals surface area contributed by atoms with Crippen molar-refractivity contribution in [1.82, 2.24) is 15.6 Å². The van der Waals surface area contributed by atoms with Gasteiger partial charge in [0, 0.05) is 19.2 Å². The van der Waals surface area contributed by atoms with Crippen LogP contribution in [0.15, 0.2) is 18.5 Å². The zero-order valence-electron chi connectivity index (χ0n) is 8.37. The summed E-state index contributed by atoms with van der Waals surface area (Å²) in [7, 11) is 0. The van der Waals surface area contributed by atoms with Crippen LogP contribution in [0.4, 0.5) is 4.39 Å². The maximum Gasteiger partial charge on any atom is 0.253 e. The first-order chi connectivity index (χ1) is 7.65. The summed E-state index contributed by atoms with van der Waals surface area (Å²) in [5, 5.41) is 5.22. The van der Waals surface area contributed by atoms with E-state index in [1.807, 2.05) is 0 Å². The topological polar surface area (TPSA) is 71.1 Å². The van der Waals surface area contributed by atoms with Crippen molar-refractivity contribution in [3.63, 3.8) is 0 Å². The molecule has 1 atom stereocenters. The van der Waals surface area contributed by atoms with Gasteiger partial charge in [0.1, 0.15) is 5.82 Å². The molecule has 1 aliphatic heterocycles. The molecule has 0 aromatic carbocycles. The fourth-order valence-electron chi connectivity index (χ4n) is 1.51. The Labute approximate surface area is 91.1 Å². The van der Waals surface area contributed by atoms with E-state index in [4.69, 9.17) is 0 Å². The molecule has 0 bridgehead atoms. The molecule has 2 heterocycles.